The van der Waals surface area contributed by atoms with Crippen molar-refractivity contribution in [3.05, 3.63) is 59.3 Å². The number of piperidine rings is 2. The summed E-state index contributed by atoms with van der Waals surface area (Å²) in [4.78, 5) is 23.8. The number of halogens is 1. The summed E-state index contributed by atoms with van der Waals surface area (Å²) in [6.45, 7) is 5.34. The summed E-state index contributed by atoms with van der Waals surface area (Å²) < 4.78 is 15.7. The molecule has 7 heteroatoms. The number of nitrogens with zero attached hydrogens (tertiary/aromatic N) is 4. The van der Waals surface area contributed by atoms with Crippen LogP contribution >= 0.6 is 0 Å². The smallest absolute Gasteiger partial charge is 0.260 e. The molecule has 4 heterocycles. The first-order chi connectivity index (χ1) is 16.5. The molecule has 3 aliphatic heterocycles. The van der Waals surface area contributed by atoms with E-state index in [0.717, 1.165) is 44.3 Å². The number of carbonyl (C=O) groups is 1. The Labute approximate surface area is 201 Å². The Balaban J connectivity index is 1.10. The Bertz CT molecular complexity index is 971. The van der Waals surface area contributed by atoms with Gasteiger partial charge in [-0.25, -0.2) is 9.37 Å². The van der Waals surface area contributed by atoms with Crippen molar-refractivity contribution in [1.29, 1.82) is 0 Å². The minimum absolute atomic E-state index is 0.261. The van der Waals surface area contributed by atoms with Crippen molar-refractivity contribution in [3.63, 3.8) is 0 Å². The molecule has 0 atom stereocenters. The lowest BCUT2D eigenvalue weighted by atomic mass is 9.90. The molecular formula is C27H36FN5O. The normalized spacial score (nSPS) is 22.2. The van der Waals surface area contributed by atoms with Gasteiger partial charge in [-0.15, -0.1) is 0 Å². The topological polar surface area (TPSA) is 65.7 Å². The fourth-order valence-corrected chi connectivity index (χ4v) is 5.90. The van der Waals surface area contributed by atoms with Crippen molar-refractivity contribution in [3.8, 4) is 0 Å². The molecule has 0 aliphatic carbocycles. The number of amides is 1. The van der Waals surface area contributed by atoms with Crippen LogP contribution < -0.4 is 5.73 Å². The van der Waals surface area contributed by atoms with Crippen molar-refractivity contribution in [1.82, 2.24) is 19.7 Å². The first-order valence-electron chi connectivity index (χ1n) is 12.7. The molecular weight excluding hydrogens is 429 g/mol. The van der Waals surface area contributed by atoms with Gasteiger partial charge in [0, 0.05) is 70.9 Å². The van der Waals surface area contributed by atoms with Gasteiger partial charge in [0.1, 0.15) is 5.82 Å². The average Bonchev–Trinajstić information content (AvgIpc) is 3.08. The van der Waals surface area contributed by atoms with Crippen LogP contribution in [0.3, 0.4) is 0 Å². The summed E-state index contributed by atoms with van der Waals surface area (Å²) in [5.41, 5.74) is 8.05. The zero-order chi connectivity index (χ0) is 23.5. The third kappa shape index (κ3) is 5.10. The van der Waals surface area contributed by atoms with Crippen LogP contribution in [0.25, 0.3) is 0 Å². The highest BCUT2D eigenvalue weighted by Gasteiger charge is 2.45. The van der Waals surface area contributed by atoms with Crippen LogP contribution in [0.5, 0.6) is 0 Å². The number of nitrogens with two attached hydrogens (primary N) is 1. The molecule has 1 aromatic heterocycles. The second-order valence-corrected chi connectivity index (χ2v) is 10.2. The number of pyridine rings is 1. The Morgan fingerprint density at radius 3 is 2.26 bits per heavy atom. The van der Waals surface area contributed by atoms with Crippen molar-refractivity contribution in [2.45, 2.75) is 56.8 Å². The first-order valence-corrected chi connectivity index (χ1v) is 12.7. The van der Waals surface area contributed by atoms with Gasteiger partial charge in [-0.05, 0) is 54.5 Å². The van der Waals surface area contributed by atoms with E-state index in [9.17, 15) is 4.79 Å². The zero-order valence-electron chi connectivity index (χ0n) is 20.0. The van der Waals surface area contributed by atoms with E-state index in [1.165, 1.54) is 11.1 Å². The number of hydrogen-bond acceptors (Lipinski definition) is 5. The molecule has 2 saturated heterocycles. The van der Waals surface area contributed by atoms with Gasteiger partial charge in [-0.2, -0.15) is 0 Å². The monoisotopic (exact) mass is 465 g/mol. The van der Waals surface area contributed by atoms with E-state index in [4.69, 9.17) is 5.73 Å². The fourth-order valence-electron chi connectivity index (χ4n) is 5.90. The quantitative estimate of drug-likeness (QED) is 0.752. The molecule has 0 radical (unpaired) electrons. The van der Waals surface area contributed by atoms with Crippen LogP contribution in [-0.2, 0) is 24.2 Å². The minimum atomic E-state index is -1.73. The maximum atomic E-state index is 15.7. The summed E-state index contributed by atoms with van der Waals surface area (Å²) in [5.74, 6) is 0.208. The molecule has 34 heavy (non-hydrogen) atoms. The van der Waals surface area contributed by atoms with Crippen LogP contribution in [0.15, 0.2) is 42.6 Å². The summed E-state index contributed by atoms with van der Waals surface area (Å²) in [6, 6.07) is 13.0. The maximum Gasteiger partial charge on any atom is 0.260 e. The number of fused-ring (bicyclic) bond motifs is 1. The molecule has 2 aromatic rings. The van der Waals surface area contributed by atoms with E-state index in [1.807, 2.05) is 12.1 Å². The summed E-state index contributed by atoms with van der Waals surface area (Å²) in [7, 11) is 0. The van der Waals surface area contributed by atoms with Gasteiger partial charge >= 0.3 is 0 Å². The number of aromatic nitrogens is 1. The number of anilines is 1. The Hall–Kier alpha value is -2.51. The van der Waals surface area contributed by atoms with E-state index in [0.29, 0.717) is 44.6 Å². The van der Waals surface area contributed by atoms with Crippen LogP contribution in [-0.4, -0.2) is 76.6 Å². The van der Waals surface area contributed by atoms with E-state index < -0.39 is 5.67 Å². The van der Waals surface area contributed by atoms with Gasteiger partial charge in [-0.1, -0.05) is 24.3 Å². The van der Waals surface area contributed by atoms with Crippen LogP contribution in [0.4, 0.5) is 10.2 Å². The lowest BCUT2D eigenvalue weighted by Crippen LogP contribution is -2.55. The number of nitrogen functional groups attached to an aromatic ring is 1. The van der Waals surface area contributed by atoms with Crippen LogP contribution in [0.2, 0.25) is 0 Å². The van der Waals surface area contributed by atoms with E-state index in [2.05, 4.69) is 39.0 Å². The molecule has 0 spiro atoms. The van der Waals surface area contributed by atoms with Crippen LogP contribution in [0, 0.1) is 0 Å². The van der Waals surface area contributed by atoms with Crippen molar-refractivity contribution >= 4 is 11.7 Å². The summed E-state index contributed by atoms with van der Waals surface area (Å²) in [5, 5.41) is 0. The third-order valence-electron chi connectivity index (χ3n) is 8.01. The molecule has 0 bridgehead atoms. The molecule has 1 amide bonds. The zero-order valence-corrected chi connectivity index (χ0v) is 20.0. The summed E-state index contributed by atoms with van der Waals surface area (Å²) >= 11 is 0. The number of hydrogen-bond donors (Lipinski definition) is 1. The van der Waals surface area contributed by atoms with Crippen molar-refractivity contribution < 1.29 is 9.18 Å². The molecule has 0 saturated carbocycles. The number of rotatable bonds is 4. The average molecular weight is 466 g/mol. The number of benzene rings is 1. The van der Waals surface area contributed by atoms with Gasteiger partial charge in [0.25, 0.3) is 5.91 Å². The molecule has 182 valence electrons. The van der Waals surface area contributed by atoms with Gasteiger partial charge in [-0.3, -0.25) is 14.6 Å². The highest BCUT2D eigenvalue weighted by molar-refractivity contribution is 5.85. The molecule has 6 nitrogen and oxygen atoms in total. The molecule has 1 aromatic carbocycles. The Kier molecular flexibility index (Phi) is 6.84. The number of alkyl halides is 1. The number of carbonyl (C=O) groups excluding carboxylic acids is 1. The molecule has 0 unspecified atom stereocenters. The molecule has 3 aliphatic rings. The maximum absolute atomic E-state index is 15.7. The second-order valence-electron chi connectivity index (χ2n) is 10.2. The van der Waals surface area contributed by atoms with Gasteiger partial charge < -0.3 is 10.6 Å². The number of likely N-dealkylation sites (tertiary alicyclic amines) is 2. The highest BCUT2D eigenvalue weighted by atomic mass is 19.1. The minimum Gasteiger partial charge on any atom is -0.384 e. The van der Waals surface area contributed by atoms with Crippen molar-refractivity contribution in [2.24, 2.45) is 0 Å². The first kappa shape index (κ1) is 23.2. The summed E-state index contributed by atoms with van der Waals surface area (Å²) in [6.07, 6.45) is 6.28. The van der Waals surface area contributed by atoms with E-state index in [1.54, 1.807) is 11.1 Å². The highest BCUT2D eigenvalue weighted by Crippen LogP contribution is 2.31. The lowest BCUT2D eigenvalue weighted by molar-refractivity contribution is -0.149. The molecule has 5 rings (SSSR count). The van der Waals surface area contributed by atoms with Crippen molar-refractivity contribution in [2.75, 3.05) is 45.0 Å². The van der Waals surface area contributed by atoms with Crippen LogP contribution in [0.1, 0.15) is 42.4 Å². The fraction of sp³-hybridized carbons (Fsp3) is 0.556. The van der Waals surface area contributed by atoms with Gasteiger partial charge in [0.05, 0.1) is 0 Å². The molecule has 2 N–H and O–H groups in total. The van der Waals surface area contributed by atoms with Gasteiger partial charge in [0.15, 0.2) is 5.67 Å². The Morgan fingerprint density at radius 2 is 1.65 bits per heavy atom. The lowest BCUT2D eigenvalue weighted by Gasteiger charge is -2.42. The predicted octanol–water partition coefficient (Wildman–Crippen LogP) is 3.06. The van der Waals surface area contributed by atoms with E-state index >= 15 is 4.39 Å². The standard InChI is InChI=1S/C27H36FN5O/c28-27(10-17-31(18-11-27)20-21-5-12-30-25(29)19-21)26(34)33-15-8-24(9-16-33)32-13-6-22-3-1-2-4-23(22)7-14-32/h1-5,12,19,24H,6-11,13-18,20H2,(H2,29,30). The van der Waals surface area contributed by atoms with Gasteiger partial charge in [0.2, 0.25) is 0 Å². The largest absolute Gasteiger partial charge is 0.384 e. The Morgan fingerprint density at radius 1 is 1.00 bits per heavy atom. The molecule has 2 fully saturated rings. The van der Waals surface area contributed by atoms with E-state index in [-0.39, 0.29) is 18.7 Å². The predicted molar refractivity (Wildman–Crippen MR) is 132 cm³/mol. The SMILES string of the molecule is Nc1cc(CN2CCC(F)(C(=O)N3CCC(N4CCc5ccccc5CC4)CC3)CC2)ccn1. The second kappa shape index (κ2) is 10.0. The third-order valence-corrected chi connectivity index (χ3v) is 8.01.